The van der Waals surface area contributed by atoms with Crippen LogP contribution in [-0.4, -0.2) is 43.8 Å². The molecule has 0 saturated carbocycles. The molecule has 0 unspecified atom stereocenters. The molecular weight excluding hydrogens is 526 g/mol. The number of hydrogen-bond acceptors (Lipinski definition) is 3. The third-order valence-corrected chi connectivity index (χ3v) is 7.60. The molecule has 0 spiro atoms. The summed E-state index contributed by atoms with van der Waals surface area (Å²) in [5, 5.41) is 1.04. The highest BCUT2D eigenvalue weighted by Crippen LogP contribution is 2.30. The number of fused-ring (bicyclic) bond motifs is 2. The Kier molecular flexibility index (Phi) is 6.31. The van der Waals surface area contributed by atoms with Crippen LogP contribution in [0.15, 0.2) is 71.7 Å². The van der Waals surface area contributed by atoms with E-state index >= 15 is 0 Å². The number of halogens is 3. The monoisotopic (exact) mass is 548 g/mol. The lowest BCUT2D eigenvalue weighted by molar-refractivity contribution is 0.0696. The van der Waals surface area contributed by atoms with Crippen LogP contribution in [-0.2, 0) is 6.54 Å². The molecule has 2 aromatic heterocycles. The predicted molar refractivity (Wildman–Crippen MR) is 144 cm³/mol. The van der Waals surface area contributed by atoms with E-state index in [1.807, 2.05) is 24.3 Å². The van der Waals surface area contributed by atoms with E-state index in [1.54, 1.807) is 38.4 Å². The molecule has 0 aliphatic carbocycles. The second-order valence-corrected chi connectivity index (χ2v) is 10.2. The fraction of sp³-hybridized carbons (Fsp3) is 0.207. The molecule has 7 nitrogen and oxygen atoms in total. The third-order valence-electron chi connectivity index (χ3n) is 7.36. The Morgan fingerprint density at radius 1 is 0.949 bits per heavy atom. The lowest BCUT2D eigenvalue weighted by atomic mass is 10.0. The first-order chi connectivity index (χ1) is 18.8. The maximum Gasteiger partial charge on any atom is 0.326 e. The summed E-state index contributed by atoms with van der Waals surface area (Å²) in [5.41, 5.74) is 2.18. The van der Waals surface area contributed by atoms with Crippen LogP contribution in [0, 0.1) is 11.6 Å². The third kappa shape index (κ3) is 4.52. The number of benzene rings is 3. The number of piperidine rings is 1. The van der Waals surface area contributed by atoms with Gasteiger partial charge in [-0.05, 0) is 49.2 Å². The molecule has 0 radical (unpaired) electrons. The van der Waals surface area contributed by atoms with Crippen molar-refractivity contribution in [3.8, 4) is 0 Å². The Labute approximate surface area is 226 Å². The molecule has 1 amide bonds. The zero-order valence-electron chi connectivity index (χ0n) is 20.7. The summed E-state index contributed by atoms with van der Waals surface area (Å²) in [4.78, 5) is 43.8. The van der Waals surface area contributed by atoms with Crippen LogP contribution in [0.2, 0.25) is 5.02 Å². The minimum Gasteiger partial charge on any atom is -0.339 e. The second-order valence-electron chi connectivity index (χ2n) is 9.72. The van der Waals surface area contributed by atoms with Crippen molar-refractivity contribution in [3.63, 3.8) is 0 Å². The molecule has 6 rings (SSSR count). The number of imidazole rings is 1. The molecule has 5 aromatic rings. The van der Waals surface area contributed by atoms with Crippen LogP contribution >= 0.6 is 11.6 Å². The zero-order valence-corrected chi connectivity index (χ0v) is 21.4. The number of carbonyl (C=O) groups is 2. The molecule has 3 aromatic carbocycles. The zero-order chi connectivity index (χ0) is 27.3. The number of para-hydroxylation sites is 2. The molecule has 3 heterocycles. The van der Waals surface area contributed by atoms with Gasteiger partial charge in [0.05, 0.1) is 34.2 Å². The Morgan fingerprint density at radius 3 is 2.49 bits per heavy atom. The van der Waals surface area contributed by atoms with Crippen molar-refractivity contribution in [2.75, 3.05) is 13.1 Å². The van der Waals surface area contributed by atoms with Gasteiger partial charge in [-0.25, -0.2) is 13.6 Å². The smallest absolute Gasteiger partial charge is 0.326 e. The van der Waals surface area contributed by atoms with Gasteiger partial charge in [0.15, 0.2) is 5.78 Å². The highest BCUT2D eigenvalue weighted by Gasteiger charge is 2.28. The summed E-state index contributed by atoms with van der Waals surface area (Å²) < 4.78 is 30.9. The molecule has 0 atom stereocenters. The number of ketones is 1. The largest absolute Gasteiger partial charge is 0.339 e. The van der Waals surface area contributed by atoms with E-state index in [9.17, 15) is 23.2 Å². The summed E-state index contributed by atoms with van der Waals surface area (Å²) in [6.07, 6.45) is 2.81. The summed E-state index contributed by atoms with van der Waals surface area (Å²) in [5.74, 6) is -2.48. The highest BCUT2D eigenvalue weighted by atomic mass is 35.5. The molecule has 10 heteroatoms. The van der Waals surface area contributed by atoms with Crippen LogP contribution in [0.1, 0.15) is 39.6 Å². The number of H-pyrrole nitrogens is 1. The minimum atomic E-state index is -0.942. The fourth-order valence-corrected chi connectivity index (χ4v) is 5.62. The molecule has 1 saturated heterocycles. The van der Waals surface area contributed by atoms with Crippen molar-refractivity contribution < 1.29 is 18.4 Å². The van der Waals surface area contributed by atoms with Crippen LogP contribution < -0.4 is 5.69 Å². The van der Waals surface area contributed by atoms with Gasteiger partial charge in [0.2, 0.25) is 0 Å². The van der Waals surface area contributed by atoms with Crippen molar-refractivity contribution in [2.24, 2.45) is 0 Å². The quantitative estimate of drug-likeness (QED) is 0.291. The van der Waals surface area contributed by atoms with Crippen molar-refractivity contribution in [1.29, 1.82) is 0 Å². The Balaban J connectivity index is 1.25. The summed E-state index contributed by atoms with van der Waals surface area (Å²) in [6.45, 7) is 0.656. The number of nitrogens with zero attached hydrogens (tertiary/aromatic N) is 3. The molecule has 1 aliphatic rings. The van der Waals surface area contributed by atoms with Gasteiger partial charge in [-0.15, -0.1) is 0 Å². The molecular formula is C29H23ClF2N4O3. The SMILES string of the molecule is O=C(Cn1cc(C(=O)N2CCC(n3c(=O)[nH]c4ccccc43)CC2)c2ccc(Cl)cc21)c1ccc(F)cc1F. The first-order valence-corrected chi connectivity index (χ1v) is 12.9. The average Bonchev–Trinajstić information content (AvgIpc) is 3.44. The fourth-order valence-electron chi connectivity index (χ4n) is 5.46. The Bertz CT molecular complexity index is 1810. The number of hydrogen-bond donors (Lipinski definition) is 1. The Morgan fingerprint density at radius 2 is 1.72 bits per heavy atom. The first-order valence-electron chi connectivity index (χ1n) is 12.6. The molecule has 1 aliphatic heterocycles. The van der Waals surface area contributed by atoms with Crippen molar-refractivity contribution >= 4 is 45.2 Å². The molecule has 0 bridgehead atoms. The predicted octanol–water partition coefficient (Wildman–Crippen LogP) is 5.58. The van der Waals surface area contributed by atoms with Crippen molar-refractivity contribution in [1.82, 2.24) is 19.0 Å². The summed E-state index contributed by atoms with van der Waals surface area (Å²) >= 11 is 6.22. The van der Waals surface area contributed by atoms with E-state index in [0.29, 0.717) is 53.5 Å². The average molecular weight is 549 g/mol. The van der Waals surface area contributed by atoms with Gasteiger partial charge in [-0.3, -0.25) is 14.2 Å². The molecule has 1 N–H and O–H groups in total. The van der Waals surface area contributed by atoms with Gasteiger partial charge >= 0.3 is 5.69 Å². The number of aromatic amines is 1. The van der Waals surface area contributed by atoms with Gasteiger partial charge in [0.25, 0.3) is 5.91 Å². The minimum absolute atomic E-state index is 0.0407. The molecule has 198 valence electrons. The van der Waals surface area contributed by atoms with Crippen LogP contribution in [0.5, 0.6) is 0 Å². The van der Waals surface area contributed by atoms with Gasteiger partial charge in [-0.1, -0.05) is 29.8 Å². The van der Waals surface area contributed by atoms with Crippen LogP contribution in [0.3, 0.4) is 0 Å². The van der Waals surface area contributed by atoms with E-state index < -0.39 is 17.4 Å². The van der Waals surface area contributed by atoms with Crippen LogP contribution in [0.25, 0.3) is 21.9 Å². The maximum atomic E-state index is 14.2. The van der Waals surface area contributed by atoms with E-state index in [4.69, 9.17) is 11.6 Å². The number of Topliss-reactive ketones (excluding diaryl/α,β-unsaturated/α-hetero) is 1. The second kappa shape index (κ2) is 9.81. The van der Waals surface area contributed by atoms with Gasteiger partial charge in [0, 0.05) is 41.8 Å². The Hall–Kier alpha value is -4.24. The lowest BCUT2D eigenvalue weighted by Gasteiger charge is -2.32. The first kappa shape index (κ1) is 25.1. The maximum absolute atomic E-state index is 14.2. The summed E-state index contributed by atoms with van der Waals surface area (Å²) in [7, 11) is 0. The summed E-state index contributed by atoms with van der Waals surface area (Å²) in [6, 6.07) is 15.3. The van der Waals surface area contributed by atoms with E-state index in [1.165, 1.54) is 0 Å². The number of nitrogens with one attached hydrogen (secondary N) is 1. The topological polar surface area (TPSA) is 80.1 Å². The highest BCUT2D eigenvalue weighted by molar-refractivity contribution is 6.31. The number of likely N-dealkylation sites (tertiary alicyclic amines) is 1. The van der Waals surface area contributed by atoms with Gasteiger partial charge < -0.3 is 14.5 Å². The van der Waals surface area contributed by atoms with Gasteiger partial charge in [0.1, 0.15) is 11.6 Å². The van der Waals surface area contributed by atoms with Crippen molar-refractivity contribution in [2.45, 2.75) is 25.4 Å². The van der Waals surface area contributed by atoms with Gasteiger partial charge in [-0.2, -0.15) is 0 Å². The number of carbonyl (C=O) groups excluding carboxylic acids is 2. The van der Waals surface area contributed by atoms with Crippen molar-refractivity contribution in [3.05, 3.63) is 105 Å². The molecule has 39 heavy (non-hydrogen) atoms. The lowest BCUT2D eigenvalue weighted by Crippen LogP contribution is -2.40. The molecule has 1 fully saturated rings. The normalized spacial score (nSPS) is 14.4. The standard InChI is InChI=1S/C29H23ClF2N4O3/c30-17-5-7-20-22(15-35(26(20)13-17)16-27(37)21-8-6-18(31)14-23(21)32)28(38)34-11-9-19(10-12-34)36-25-4-2-1-3-24(25)33-29(36)39/h1-8,13-15,19H,9-12,16H2,(H,33,39). The number of aromatic nitrogens is 3. The van der Waals surface area contributed by atoms with E-state index in [-0.39, 0.29) is 29.7 Å². The van der Waals surface area contributed by atoms with E-state index in [0.717, 1.165) is 23.2 Å². The number of amides is 1. The number of rotatable bonds is 5. The van der Waals surface area contributed by atoms with E-state index in [2.05, 4.69) is 4.98 Å². The van der Waals surface area contributed by atoms with Crippen LogP contribution in [0.4, 0.5) is 8.78 Å².